The third-order valence-corrected chi connectivity index (χ3v) is 6.41. The van der Waals surface area contributed by atoms with Crippen LogP contribution in [0.15, 0.2) is 64.1 Å². The normalized spacial score (nSPS) is 11.9. The van der Waals surface area contributed by atoms with Crippen molar-refractivity contribution in [1.82, 2.24) is 4.98 Å². The summed E-state index contributed by atoms with van der Waals surface area (Å²) in [6, 6.07) is 9.22. The van der Waals surface area contributed by atoms with Gasteiger partial charge in [0, 0.05) is 22.6 Å². The number of nitrogens with two attached hydrogens (primary N) is 1. The van der Waals surface area contributed by atoms with Crippen LogP contribution in [-0.2, 0) is 22.6 Å². The second-order valence-electron chi connectivity index (χ2n) is 7.06. The second-order valence-corrected chi connectivity index (χ2v) is 9.90. The van der Waals surface area contributed by atoms with Crippen molar-refractivity contribution in [2.45, 2.75) is 17.6 Å². The Balaban J connectivity index is 2.14. The smallest absolute Gasteiger partial charge is 0.398 e. The lowest BCUT2D eigenvalue weighted by atomic mass is 10.1. The van der Waals surface area contributed by atoms with E-state index in [9.17, 15) is 30.8 Å². The van der Waals surface area contributed by atoms with Gasteiger partial charge in [-0.25, -0.2) is 12.8 Å². The molecule has 0 fully saturated rings. The number of nitrogens with zero attached hydrogens (tertiary/aromatic N) is 2. The molecular formula is C21H16BrF4N3O3S. The minimum absolute atomic E-state index is 0.148. The highest BCUT2D eigenvalue weighted by Crippen LogP contribution is 2.31. The maximum absolute atomic E-state index is 13.8. The molecule has 0 radical (unpaired) electrons. The fourth-order valence-electron chi connectivity index (χ4n) is 2.99. The van der Waals surface area contributed by atoms with E-state index >= 15 is 0 Å². The molecule has 6 nitrogen and oxygen atoms in total. The first-order valence-corrected chi connectivity index (χ1v) is 11.8. The minimum Gasteiger partial charge on any atom is -0.398 e. The summed E-state index contributed by atoms with van der Waals surface area (Å²) in [5.41, 5.74) is 5.16. The maximum Gasteiger partial charge on any atom is 0.433 e. The van der Waals surface area contributed by atoms with Crippen molar-refractivity contribution in [3.8, 4) is 0 Å². The van der Waals surface area contributed by atoms with Crippen molar-refractivity contribution in [3.63, 3.8) is 0 Å². The van der Waals surface area contributed by atoms with Crippen LogP contribution in [0, 0.1) is 5.82 Å². The number of benzene rings is 2. The van der Waals surface area contributed by atoms with Gasteiger partial charge in [-0.15, -0.1) is 0 Å². The van der Waals surface area contributed by atoms with Crippen LogP contribution in [0.1, 0.15) is 21.6 Å². The van der Waals surface area contributed by atoms with Gasteiger partial charge in [-0.1, -0.05) is 6.07 Å². The van der Waals surface area contributed by atoms with E-state index in [1.165, 1.54) is 0 Å². The van der Waals surface area contributed by atoms with Gasteiger partial charge in [-0.2, -0.15) is 13.2 Å². The van der Waals surface area contributed by atoms with Crippen molar-refractivity contribution in [2.24, 2.45) is 0 Å². The summed E-state index contributed by atoms with van der Waals surface area (Å²) in [4.78, 5) is 17.1. The molecule has 12 heteroatoms. The van der Waals surface area contributed by atoms with Crippen LogP contribution in [0.25, 0.3) is 0 Å². The Labute approximate surface area is 195 Å². The largest absolute Gasteiger partial charge is 0.433 e. The van der Waals surface area contributed by atoms with Gasteiger partial charge >= 0.3 is 6.18 Å². The molecule has 0 aliphatic heterocycles. The summed E-state index contributed by atoms with van der Waals surface area (Å²) in [5, 5.41) is 0. The van der Waals surface area contributed by atoms with Gasteiger partial charge in [0.1, 0.15) is 11.5 Å². The maximum atomic E-state index is 13.8. The molecule has 174 valence electrons. The van der Waals surface area contributed by atoms with E-state index in [0.717, 1.165) is 41.6 Å². The first-order chi connectivity index (χ1) is 15.3. The Bertz CT molecular complexity index is 1310. The monoisotopic (exact) mass is 545 g/mol. The van der Waals surface area contributed by atoms with Gasteiger partial charge < -0.3 is 10.6 Å². The van der Waals surface area contributed by atoms with E-state index in [2.05, 4.69) is 20.9 Å². The highest BCUT2D eigenvalue weighted by atomic mass is 79.9. The summed E-state index contributed by atoms with van der Waals surface area (Å²) in [7, 11) is -3.98. The van der Waals surface area contributed by atoms with Crippen LogP contribution >= 0.6 is 15.9 Å². The number of carbonyl (C=O) groups excluding carboxylic acids is 1. The van der Waals surface area contributed by atoms with Crippen LogP contribution in [0.4, 0.5) is 28.9 Å². The van der Waals surface area contributed by atoms with E-state index < -0.39 is 38.3 Å². The molecule has 33 heavy (non-hydrogen) atoms. The topological polar surface area (TPSA) is 93.4 Å². The molecule has 2 aromatic carbocycles. The van der Waals surface area contributed by atoms with E-state index in [1.807, 2.05) is 0 Å². The number of amides is 1. The van der Waals surface area contributed by atoms with Crippen LogP contribution in [-0.4, -0.2) is 25.6 Å². The molecule has 0 saturated carbocycles. The van der Waals surface area contributed by atoms with E-state index in [1.54, 1.807) is 18.2 Å². The molecule has 0 unspecified atom stereocenters. The number of pyridine rings is 1. The van der Waals surface area contributed by atoms with E-state index in [-0.39, 0.29) is 17.8 Å². The van der Waals surface area contributed by atoms with Crippen molar-refractivity contribution >= 4 is 43.0 Å². The van der Waals surface area contributed by atoms with Crippen LogP contribution in [0.3, 0.4) is 0 Å². The predicted molar refractivity (Wildman–Crippen MR) is 118 cm³/mol. The number of sulfone groups is 1. The number of alkyl halides is 3. The quantitative estimate of drug-likeness (QED) is 0.366. The van der Waals surface area contributed by atoms with Gasteiger partial charge in [-0.3, -0.25) is 9.78 Å². The predicted octanol–water partition coefficient (Wildman–Crippen LogP) is 4.83. The lowest BCUT2D eigenvalue weighted by Crippen LogP contribution is -2.32. The number of hydrogen-bond acceptors (Lipinski definition) is 5. The Hall–Kier alpha value is -2.99. The van der Waals surface area contributed by atoms with Crippen molar-refractivity contribution in [2.75, 3.05) is 16.9 Å². The Morgan fingerprint density at radius 2 is 1.82 bits per heavy atom. The zero-order valence-corrected chi connectivity index (χ0v) is 19.3. The second kappa shape index (κ2) is 9.10. The highest BCUT2D eigenvalue weighted by Gasteiger charge is 2.33. The molecular weight excluding hydrogens is 530 g/mol. The van der Waals surface area contributed by atoms with Crippen molar-refractivity contribution in [1.29, 1.82) is 0 Å². The van der Waals surface area contributed by atoms with Gasteiger partial charge in [0.25, 0.3) is 5.91 Å². The van der Waals surface area contributed by atoms with Crippen molar-refractivity contribution in [3.05, 3.63) is 81.8 Å². The first-order valence-electron chi connectivity index (χ1n) is 9.16. The number of carbonyl (C=O) groups is 1. The molecule has 0 saturated heterocycles. The summed E-state index contributed by atoms with van der Waals surface area (Å²) >= 11 is 3.25. The SMILES string of the molecule is CS(=O)(=O)c1cc(F)ccc1N(Cc1ccc(Br)c(N)c1)C(=O)c1ccc(C(F)(F)F)nc1. The summed E-state index contributed by atoms with van der Waals surface area (Å²) in [5.74, 6) is -1.68. The van der Waals surface area contributed by atoms with Gasteiger partial charge in [-0.05, 0) is 64.0 Å². The van der Waals surface area contributed by atoms with Crippen LogP contribution in [0.5, 0.6) is 0 Å². The molecule has 2 N–H and O–H groups in total. The molecule has 0 bridgehead atoms. The van der Waals surface area contributed by atoms with E-state index in [0.29, 0.717) is 21.8 Å². The molecule has 1 heterocycles. The van der Waals surface area contributed by atoms with Crippen molar-refractivity contribution < 1.29 is 30.8 Å². The number of nitrogen functional groups attached to an aromatic ring is 1. The third-order valence-electron chi connectivity index (χ3n) is 4.56. The third kappa shape index (κ3) is 5.69. The lowest BCUT2D eigenvalue weighted by molar-refractivity contribution is -0.141. The molecule has 0 atom stereocenters. The zero-order valence-electron chi connectivity index (χ0n) is 16.9. The standard InChI is InChI=1S/C21H16BrF4N3O3S/c1-33(31,32)18-9-14(23)4-6-17(18)29(11-12-2-5-15(22)16(27)8-12)20(30)13-3-7-19(28-10-13)21(24,25)26/h2-10H,11,27H2,1H3. The summed E-state index contributed by atoms with van der Waals surface area (Å²) < 4.78 is 77.6. The molecule has 3 aromatic rings. The molecule has 1 aromatic heterocycles. The molecule has 0 aliphatic carbocycles. The van der Waals surface area contributed by atoms with Crippen LogP contribution < -0.4 is 10.6 Å². The van der Waals surface area contributed by atoms with Gasteiger partial charge in [0.15, 0.2) is 9.84 Å². The number of halogens is 5. The highest BCUT2D eigenvalue weighted by molar-refractivity contribution is 9.10. The van der Waals surface area contributed by atoms with Gasteiger partial charge in [0.2, 0.25) is 0 Å². The molecule has 0 aliphatic rings. The molecule has 3 rings (SSSR count). The first kappa shape index (κ1) is 24.6. The summed E-state index contributed by atoms with van der Waals surface area (Å²) in [6.45, 7) is -0.203. The van der Waals surface area contributed by atoms with Crippen LogP contribution in [0.2, 0.25) is 0 Å². The number of anilines is 2. The minimum atomic E-state index is -4.70. The van der Waals surface area contributed by atoms with Gasteiger partial charge in [0.05, 0.1) is 22.7 Å². The Morgan fingerprint density at radius 1 is 1.12 bits per heavy atom. The number of aromatic nitrogens is 1. The molecule has 0 spiro atoms. The van der Waals surface area contributed by atoms with E-state index in [4.69, 9.17) is 5.73 Å². The Kier molecular flexibility index (Phi) is 6.80. The Morgan fingerprint density at radius 3 is 2.36 bits per heavy atom. The average Bonchev–Trinajstić information content (AvgIpc) is 2.73. The fraction of sp³-hybridized carbons (Fsp3) is 0.143. The summed E-state index contributed by atoms with van der Waals surface area (Å²) in [6.07, 6.45) is -3.10. The number of hydrogen-bond donors (Lipinski definition) is 1. The zero-order chi connectivity index (χ0) is 24.6. The average molecular weight is 546 g/mol. The number of rotatable bonds is 5. The lowest BCUT2D eigenvalue weighted by Gasteiger charge is -2.25. The fourth-order valence-corrected chi connectivity index (χ4v) is 4.12. The molecule has 1 amide bonds.